The van der Waals surface area contributed by atoms with Gasteiger partial charge in [0.15, 0.2) is 15.5 Å². The molecule has 0 aliphatic heterocycles. The number of hydrogen-bond donors (Lipinski definition) is 2. The van der Waals surface area contributed by atoms with Crippen molar-refractivity contribution in [2.45, 2.75) is 18.6 Å². The Morgan fingerprint density at radius 3 is 2.79 bits per heavy atom. The van der Waals surface area contributed by atoms with Gasteiger partial charge in [-0.25, -0.2) is 27.7 Å². The van der Waals surface area contributed by atoms with Crippen LogP contribution in [0, 0.1) is 0 Å². The molecule has 8 nitrogen and oxygen atoms in total. The lowest BCUT2D eigenvalue weighted by Gasteiger charge is -2.22. The van der Waals surface area contributed by atoms with Crippen LogP contribution in [0.1, 0.15) is 13.8 Å². The molecule has 0 fully saturated rings. The standard InChI is InChI=1S/C10H15N5O3S/c1-10(2,19(3,17)18)5-11-7-4-8-13-14-9(16)15(8)6-12-7/h4,6,11H,5H2,1-3H3,(H,14,16). The van der Waals surface area contributed by atoms with Crippen molar-refractivity contribution in [3.8, 4) is 0 Å². The maximum Gasteiger partial charge on any atom is 0.348 e. The molecular weight excluding hydrogens is 270 g/mol. The number of anilines is 1. The van der Waals surface area contributed by atoms with Crippen LogP contribution in [0.15, 0.2) is 17.2 Å². The summed E-state index contributed by atoms with van der Waals surface area (Å²) in [7, 11) is -3.18. The highest BCUT2D eigenvalue weighted by Gasteiger charge is 2.29. The summed E-state index contributed by atoms with van der Waals surface area (Å²) in [5.74, 6) is 0.461. The molecule has 0 aliphatic rings. The molecule has 0 aromatic carbocycles. The highest BCUT2D eigenvalue weighted by atomic mass is 32.2. The molecule has 2 aromatic rings. The molecule has 2 heterocycles. The molecule has 19 heavy (non-hydrogen) atoms. The number of sulfone groups is 1. The largest absolute Gasteiger partial charge is 0.368 e. The summed E-state index contributed by atoms with van der Waals surface area (Å²) in [6.07, 6.45) is 2.52. The molecule has 104 valence electrons. The Bertz CT molecular complexity index is 759. The van der Waals surface area contributed by atoms with E-state index in [1.807, 2.05) is 0 Å². The number of H-pyrrole nitrogens is 1. The molecule has 0 amide bonds. The third-order valence-corrected chi connectivity index (χ3v) is 5.16. The second kappa shape index (κ2) is 4.34. The van der Waals surface area contributed by atoms with Gasteiger partial charge in [-0.05, 0) is 13.8 Å². The number of nitrogens with one attached hydrogen (secondary N) is 2. The molecule has 0 unspecified atom stereocenters. The monoisotopic (exact) mass is 285 g/mol. The van der Waals surface area contributed by atoms with Crippen molar-refractivity contribution in [2.75, 3.05) is 18.1 Å². The fourth-order valence-corrected chi connectivity index (χ4v) is 1.68. The lowest BCUT2D eigenvalue weighted by molar-refractivity contribution is 0.559. The number of hydrogen-bond acceptors (Lipinski definition) is 6. The molecule has 0 bridgehead atoms. The Morgan fingerprint density at radius 2 is 2.16 bits per heavy atom. The predicted molar refractivity (Wildman–Crippen MR) is 71.0 cm³/mol. The van der Waals surface area contributed by atoms with Gasteiger partial charge < -0.3 is 5.32 Å². The molecule has 0 atom stereocenters. The summed E-state index contributed by atoms with van der Waals surface area (Å²) in [5, 5.41) is 9.03. The Balaban J connectivity index is 2.21. The summed E-state index contributed by atoms with van der Waals surface area (Å²) >= 11 is 0. The van der Waals surface area contributed by atoms with Crippen LogP contribution < -0.4 is 11.0 Å². The van der Waals surface area contributed by atoms with Crippen LogP contribution >= 0.6 is 0 Å². The molecule has 9 heteroatoms. The average molecular weight is 285 g/mol. The normalized spacial score (nSPS) is 12.8. The first-order valence-electron chi connectivity index (χ1n) is 5.57. The van der Waals surface area contributed by atoms with E-state index in [0.717, 1.165) is 0 Å². The summed E-state index contributed by atoms with van der Waals surface area (Å²) in [4.78, 5) is 15.3. The van der Waals surface area contributed by atoms with Crippen LogP contribution in [0.5, 0.6) is 0 Å². The zero-order chi connectivity index (χ0) is 14.3. The molecule has 0 radical (unpaired) electrons. The van der Waals surface area contributed by atoms with Gasteiger partial charge in [0, 0.05) is 18.9 Å². The van der Waals surface area contributed by atoms with E-state index in [0.29, 0.717) is 11.5 Å². The topological polar surface area (TPSA) is 109 Å². The van der Waals surface area contributed by atoms with Gasteiger partial charge in [0.25, 0.3) is 0 Å². The molecule has 0 spiro atoms. The first kappa shape index (κ1) is 13.5. The van der Waals surface area contributed by atoms with E-state index in [2.05, 4.69) is 20.5 Å². The number of aromatic amines is 1. The Hall–Kier alpha value is -1.90. The van der Waals surface area contributed by atoms with Crippen molar-refractivity contribution in [1.82, 2.24) is 19.6 Å². The van der Waals surface area contributed by atoms with Crippen molar-refractivity contribution in [3.63, 3.8) is 0 Å². The molecule has 2 aromatic heterocycles. The Morgan fingerprint density at radius 1 is 1.47 bits per heavy atom. The molecular formula is C10H15N5O3S. The number of fused-ring (bicyclic) bond motifs is 1. The van der Waals surface area contributed by atoms with E-state index in [4.69, 9.17) is 0 Å². The van der Waals surface area contributed by atoms with E-state index in [-0.39, 0.29) is 12.2 Å². The van der Waals surface area contributed by atoms with Crippen LogP contribution in [0.25, 0.3) is 5.65 Å². The van der Waals surface area contributed by atoms with Gasteiger partial charge in [0.05, 0.1) is 4.75 Å². The van der Waals surface area contributed by atoms with E-state index in [1.54, 1.807) is 19.9 Å². The Labute approximate surface area is 109 Å². The minimum atomic E-state index is -3.18. The number of rotatable bonds is 4. The van der Waals surface area contributed by atoms with E-state index in [1.165, 1.54) is 17.0 Å². The lowest BCUT2D eigenvalue weighted by Crippen LogP contribution is -2.38. The van der Waals surface area contributed by atoms with Gasteiger partial charge in [-0.1, -0.05) is 0 Å². The van der Waals surface area contributed by atoms with Crippen LogP contribution in [0.2, 0.25) is 0 Å². The van der Waals surface area contributed by atoms with Crippen molar-refractivity contribution in [1.29, 1.82) is 0 Å². The van der Waals surface area contributed by atoms with Gasteiger partial charge >= 0.3 is 5.69 Å². The quantitative estimate of drug-likeness (QED) is 0.795. The lowest BCUT2D eigenvalue weighted by atomic mass is 10.2. The average Bonchev–Trinajstić information content (AvgIpc) is 2.67. The van der Waals surface area contributed by atoms with Crippen LogP contribution in [-0.4, -0.2) is 45.5 Å². The smallest absolute Gasteiger partial charge is 0.348 e. The maximum absolute atomic E-state index is 11.6. The summed E-state index contributed by atoms with van der Waals surface area (Å²) < 4.78 is 23.5. The molecule has 2 N–H and O–H groups in total. The highest BCUT2D eigenvalue weighted by Crippen LogP contribution is 2.16. The third-order valence-electron chi connectivity index (χ3n) is 3.01. The zero-order valence-electron chi connectivity index (χ0n) is 10.8. The molecule has 0 aliphatic carbocycles. The first-order valence-corrected chi connectivity index (χ1v) is 7.46. The molecule has 2 rings (SSSR count). The first-order chi connectivity index (χ1) is 8.71. The van der Waals surface area contributed by atoms with Gasteiger partial charge in [0.2, 0.25) is 0 Å². The molecule has 0 saturated heterocycles. The zero-order valence-corrected chi connectivity index (χ0v) is 11.7. The van der Waals surface area contributed by atoms with Crippen molar-refractivity contribution in [3.05, 3.63) is 22.9 Å². The fourth-order valence-electron chi connectivity index (χ4n) is 1.34. The second-order valence-electron chi connectivity index (χ2n) is 4.92. The Kier molecular flexibility index (Phi) is 3.09. The third kappa shape index (κ3) is 2.60. The SMILES string of the molecule is CC(C)(CNc1cc2n[nH]c(=O)n2cn1)S(C)(=O)=O. The summed E-state index contributed by atoms with van der Waals surface area (Å²) in [5.41, 5.74) is 0.0465. The summed E-state index contributed by atoms with van der Waals surface area (Å²) in [6, 6.07) is 1.57. The summed E-state index contributed by atoms with van der Waals surface area (Å²) in [6.45, 7) is 3.48. The predicted octanol–water partition coefficient (Wildman–Crippen LogP) is -0.347. The van der Waals surface area contributed by atoms with E-state index in [9.17, 15) is 13.2 Å². The van der Waals surface area contributed by atoms with Gasteiger partial charge in [-0.3, -0.25) is 0 Å². The van der Waals surface area contributed by atoms with Crippen molar-refractivity contribution >= 4 is 21.3 Å². The second-order valence-corrected chi connectivity index (χ2v) is 7.57. The van der Waals surface area contributed by atoms with Crippen LogP contribution in [0.4, 0.5) is 5.82 Å². The van der Waals surface area contributed by atoms with Crippen molar-refractivity contribution in [2.24, 2.45) is 0 Å². The number of nitrogens with zero attached hydrogens (tertiary/aromatic N) is 3. The maximum atomic E-state index is 11.6. The van der Waals surface area contributed by atoms with Crippen LogP contribution in [-0.2, 0) is 9.84 Å². The van der Waals surface area contributed by atoms with Gasteiger partial charge in [-0.15, -0.1) is 0 Å². The van der Waals surface area contributed by atoms with E-state index < -0.39 is 14.6 Å². The van der Waals surface area contributed by atoms with Gasteiger partial charge in [0.1, 0.15) is 12.1 Å². The van der Waals surface area contributed by atoms with Crippen molar-refractivity contribution < 1.29 is 8.42 Å². The minimum absolute atomic E-state index is 0.212. The molecule has 0 saturated carbocycles. The van der Waals surface area contributed by atoms with Gasteiger partial charge in [-0.2, -0.15) is 5.10 Å². The minimum Gasteiger partial charge on any atom is -0.368 e. The van der Waals surface area contributed by atoms with Crippen LogP contribution in [0.3, 0.4) is 0 Å². The fraction of sp³-hybridized carbons (Fsp3) is 0.500. The highest BCUT2D eigenvalue weighted by molar-refractivity contribution is 7.92. The van der Waals surface area contributed by atoms with E-state index >= 15 is 0 Å². The number of aromatic nitrogens is 4.